The van der Waals surface area contributed by atoms with Gasteiger partial charge in [0.25, 0.3) is 0 Å². The molecule has 1 aliphatic carbocycles. The lowest BCUT2D eigenvalue weighted by atomic mass is 10.3. The molecule has 0 radical (unpaired) electrons. The molecule has 1 aromatic carbocycles. The molecular weight excluding hydrogens is 283 g/mol. The minimum Gasteiger partial charge on any atom is -0.327 e. The van der Waals surface area contributed by atoms with E-state index in [4.69, 9.17) is 11.6 Å². The fourth-order valence-corrected chi connectivity index (χ4v) is 3.40. The normalized spacial score (nSPS) is 17.0. The predicted molar refractivity (Wildman–Crippen MR) is 79.6 cm³/mol. The number of halogens is 2. The van der Waals surface area contributed by atoms with E-state index in [0.29, 0.717) is 10.6 Å². The second-order valence-electron chi connectivity index (χ2n) is 5.07. The van der Waals surface area contributed by atoms with Gasteiger partial charge in [-0.25, -0.2) is 9.37 Å². The third-order valence-electron chi connectivity index (χ3n) is 3.79. The van der Waals surface area contributed by atoms with Crippen molar-refractivity contribution in [3.05, 3.63) is 29.8 Å². The molecule has 1 aliphatic rings. The molecule has 102 valence electrons. The maximum atomic E-state index is 13.3. The molecule has 2 nitrogen and oxygen atoms in total. The first-order chi connectivity index (χ1) is 9.17. The van der Waals surface area contributed by atoms with E-state index in [9.17, 15) is 4.39 Å². The zero-order valence-corrected chi connectivity index (χ0v) is 12.4. The van der Waals surface area contributed by atoms with Gasteiger partial charge < -0.3 is 4.57 Å². The maximum Gasteiger partial charge on any atom is 0.125 e. The summed E-state index contributed by atoms with van der Waals surface area (Å²) in [5.41, 5.74) is 1.75. The second kappa shape index (κ2) is 4.98. The van der Waals surface area contributed by atoms with E-state index in [0.717, 1.165) is 29.8 Å². The summed E-state index contributed by atoms with van der Waals surface area (Å²) in [7, 11) is 0. The molecule has 0 bridgehead atoms. The first-order valence-corrected chi connectivity index (χ1v) is 8.19. The molecule has 5 heteroatoms. The summed E-state index contributed by atoms with van der Waals surface area (Å²) in [6.45, 7) is 0.947. The van der Waals surface area contributed by atoms with Crippen molar-refractivity contribution in [3.63, 3.8) is 0 Å². The topological polar surface area (TPSA) is 17.8 Å². The Bertz CT molecular complexity index is 607. The molecule has 1 fully saturated rings. The zero-order valence-electron chi connectivity index (χ0n) is 10.8. The summed E-state index contributed by atoms with van der Waals surface area (Å²) < 4.78 is 15.9. The van der Waals surface area contributed by atoms with Crippen LogP contribution in [0.4, 0.5) is 4.39 Å². The summed E-state index contributed by atoms with van der Waals surface area (Å²) >= 11 is 7.77. The minimum atomic E-state index is -0.236. The smallest absolute Gasteiger partial charge is 0.125 e. The predicted octanol–water partition coefficient (Wildman–Crippen LogP) is 3.85. The van der Waals surface area contributed by atoms with Gasteiger partial charge in [-0.15, -0.1) is 11.6 Å². The van der Waals surface area contributed by atoms with Crippen LogP contribution in [0.5, 0.6) is 0 Å². The van der Waals surface area contributed by atoms with Crippen molar-refractivity contribution in [1.29, 1.82) is 0 Å². The van der Waals surface area contributed by atoms with Gasteiger partial charge in [0, 0.05) is 29.7 Å². The van der Waals surface area contributed by atoms with Crippen LogP contribution in [0.2, 0.25) is 0 Å². The molecule has 0 aliphatic heterocycles. The van der Waals surface area contributed by atoms with Crippen LogP contribution in [0.1, 0.15) is 18.7 Å². The van der Waals surface area contributed by atoms with Gasteiger partial charge in [-0.1, -0.05) is 0 Å². The van der Waals surface area contributed by atoms with Crippen LogP contribution in [-0.2, 0) is 13.0 Å². The van der Waals surface area contributed by atoms with Crippen LogP contribution in [0.25, 0.3) is 11.0 Å². The van der Waals surface area contributed by atoms with Crippen molar-refractivity contribution in [3.8, 4) is 0 Å². The Balaban J connectivity index is 2.06. The average molecular weight is 299 g/mol. The monoisotopic (exact) mass is 298 g/mol. The van der Waals surface area contributed by atoms with Gasteiger partial charge in [0.1, 0.15) is 11.6 Å². The Labute approximate surface area is 121 Å². The molecule has 1 heterocycles. The molecule has 19 heavy (non-hydrogen) atoms. The zero-order chi connectivity index (χ0) is 13.5. The summed E-state index contributed by atoms with van der Waals surface area (Å²) in [5.74, 6) is 1.27. The highest BCUT2D eigenvalue weighted by Gasteiger charge is 2.42. The Kier molecular flexibility index (Phi) is 3.48. The van der Waals surface area contributed by atoms with E-state index < -0.39 is 0 Å². The molecule has 0 saturated heterocycles. The van der Waals surface area contributed by atoms with E-state index in [1.165, 1.54) is 25.0 Å². The van der Waals surface area contributed by atoms with Crippen LogP contribution < -0.4 is 0 Å². The molecule has 0 atom stereocenters. The number of hydrogen-bond acceptors (Lipinski definition) is 2. The van der Waals surface area contributed by atoms with Crippen molar-refractivity contribution >= 4 is 34.4 Å². The fraction of sp³-hybridized carbons (Fsp3) is 0.500. The van der Waals surface area contributed by atoms with Gasteiger partial charge in [0.15, 0.2) is 0 Å². The average Bonchev–Trinajstić information content (AvgIpc) is 3.10. The van der Waals surface area contributed by atoms with Gasteiger partial charge in [-0.2, -0.15) is 11.8 Å². The molecule has 0 spiro atoms. The van der Waals surface area contributed by atoms with E-state index in [1.54, 1.807) is 0 Å². The summed E-state index contributed by atoms with van der Waals surface area (Å²) in [4.78, 5) is 4.54. The number of thioether (sulfide) groups is 1. The number of benzene rings is 1. The first kappa shape index (κ1) is 13.3. The molecule has 0 N–H and O–H groups in total. The molecule has 1 aromatic heterocycles. The highest BCUT2D eigenvalue weighted by molar-refractivity contribution is 8.00. The number of alkyl halides is 1. The standard InChI is InChI=1S/C14H16ClFN2S/c1-19-14(5-6-14)9-18-12-3-2-10(16)8-11(12)17-13(18)4-7-15/h2-3,8H,4-7,9H2,1H3. The van der Waals surface area contributed by atoms with Crippen molar-refractivity contribution in [1.82, 2.24) is 9.55 Å². The number of fused-ring (bicyclic) bond motifs is 1. The lowest BCUT2D eigenvalue weighted by molar-refractivity contribution is 0.628. The van der Waals surface area contributed by atoms with Crippen LogP contribution in [0, 0.1) is 5.82 Å². The van der Waals surface area contributed by atoms with E-state index >= 15 is 0 Å². The van der Waals surface area contributed by atoms with Crippen LogP contribution in [0.15, 0.2) is 18.2 Å². The number of aromatic nitrogens is 2. The SMILES string of the molecule is CSC1(Cn2c(CCCl)nc3cc(F)ccc32)CC1. The highest BCUT2D eigenvalue weighted by atomic mass is 35.5. The van der Waals surface area contributed by atoms with E-state index in [2.05, 4.69) is 15.8 Å². The van der Waals surface area contributed by atoms with Gasteiger partial charge in [-0.3, -0.25) is 0 Å². The van der Waals surface area contributed by atoms with Gasteiger partial charge >= 0.3 is 0 Å². The molecule has 0 amide bonds. The van der Waals surface area contributed by atoms with Gasteiger partial charge in [0.05, 0.1) is 11.0 Å². The lowest BCUT2D eigenvalue weighted by Crippen LogP contribution is -2.16. The Hall–Kier alpha value is -0.740. The van der Waals surface area contributed by atoms with Crippen LogP contribution in [0.3, 0.4) is 0 Å². The number of hydrogen-bond donors (Lipinski definition) is 0. The van der Waals surface area contributed by atoms with Crippen molar-refractivity contribution in [2.75, 3.05) is 12.1 Å². The Morgan fingerprint density at radius 3 is 2.89 bits per heavy atom. The third-order valence-corrected chi connectivity index (χ3v) is 5.39. The Morgan fingerprint density at radius 2 is 2.26 bits per heavy atom. The first-order valence-electron chi connectivity index (χ1n) is 6.43. The molecule has 0 unspecified atom stereocenters. The number of rotatable bonds is 5. The van der Waals surface area contributed by atoms with Crippen LogP contribution >= 0.6 is 23.4 Å². The number of aryl methyl sites for hydroxylation is 1. The molecular formula is C14H16ClFN2S. The summed E-state index contributed by atoms with van der Waals surface area (Å²) in [6, 6.07) is 4.83. The second-order valence-corrected chi connectivity index (χ2v) is 6.73. The fourth-order valence-electron chi connectivity index (χ4n) is 2.46. The minimum absolute atomic E-state index is 0.236. The van der Waals surface area contributed by atoms with E-state index in [1.807, 2.05) is 17.8 Å². The van der Waals surface area contributed by atoms with E-state index in [-0.39, 0.29) is 5.82 Å². The Morgan fingerprint density at radius 1 is 1.47 bits per heavy atom. The van der Waals surface area contributed by atoms with Crippen molar-refractivity contribution in [2.24, 2.45) is 0 Å². The summed E-state index contributed by atoms with van der Waals surface area (Å²) in [5, 5.41) is 0. The quantitative estimate of drug-likeness (QED) is 0.780. The molecule has 1 saturated carbocycles. The largest absolute Gasteiger partial charge is 0.327 e. The van der Waals surface area contributed by atoms with Gasteiger partial charge in [-0.05, 0) is 31.2 Å². The molecule has 3 rings (SSSR count). The van der Waals surface area contributed by atoms with Gasteiger partial charge in [0.2, 0.25) is 0 Å². The van der Waals surface area contributed by atoms with Crippen molar-refractivity contribution < 1.29 is 4.39 Å². The lowest BCUT2D eigenvalue weighted by Gasteiger charge is -2.16. The number of imidazole rings is 1. The summed E-state index contributed by atoms with van der Waals surface area (Å²) in [6.07, 6.45) is 5.38. The van der Waals surface area contributed by atoms with Crippen LogP contribution in [-0.4, -0.2) is 26.4 Å². The highest BCUT2D eigenvalue weighted by Crippen LogP contribution is 2.49. The molecule has 2 aromatic rings. The maximum absolute atomic E-state index is 13.3. The number of nitrogens with zero attached hydrogens (tertiary/aromatic N) is 2. The van der Waals surface area contributed by atoms with Crippen molar-refractivity contribution in [2.45, 2.75) is 30.6 Å². The third kappa shape index (κ3) is 2.48.